The predicted molar refractivity (Wildman–Crippen MR) is 418 cm³/mol. The Balaban J connectivity index is 5.24. The van der Waals surface area contributed by atoms with Crippen molar-refractivity contribution in [3.05, 3.63) is 0 Å². The second-order valence-corrected chi connectivity index (χ2v) is 34.2. The van der Waals surface area contributed by atoms with Gasteiger partial charge in [0.2, 0.25) is 0 Å². The van der Waals surface area contributed by atoms with Gasteiger partial charge in [0.25, 0.3) is 0 Å². The van der Waals surface area contributed by atoms with Crippen LogP contribution in [0, 0.1) is 23.7 Å². The molecule has 3 N–H and O–H groups in total. The maximum atomic E-state index is 13.1. The molecule has 0 aliphatic heterocycles. The highest BCUT2D eigenvalue weighted by Crippen LogP contribution is 2.45. The summed E-state index contributed by atoms with van der Waals surface area (Å²) >= 11 is 0. The van der Waals surface area contributed by atoms with Gasteiger partial charge in [0.05, 0.1) is 26.4 Å². The first-order valence-corrected chi connectivity index (χ1v) is 45.8. The number of aliphatic hydroxyl groups is 1. The number of hydrogen-bond donors (Lipinski definition) is 3. The minimum atomic E-state index is -4.96. The molecular weight excluding hydrogens is 1330 g/mol. The smallest absolute Gasteiger partial charge is 0.462 e. The molecule has 17 nitrogen and oxygen atoms in total. The molecule has 0 aromatic rings. The van der Waals surface area contributed by atoms with Gasteiger partial charge in [-0.15, -0.1) is 0 Å². The summed E-state index contributed by atoms with van der Waals surface area (Å²) in [4.78, 5) is 73.1. The van der Waals surface area contributed by atoms with Crippen molar-refractivity contribution < 1.29 is 80.2 Å². The van der Waals surface area contributed by atoms with Gasteiger partial charge in [-0.2, -0.15) is 0 Å². The van der Waals surface area contributed by atoms with Gasteiger partial charge in [0.15, 0.2) is 12.2 Å². The molecule has 0 aromatic carbocycles. The van der Waals surface area contributed by atoms with Crippen LogP contribution in [0.25, 0.3) is 0 Å². The fourth-order valence-corrected chi connectivity index (χ4v) is 14.3. The van der Waals surface area contributed by atoms with Crippen LogP contribution in [0.1, 0.15) is 428 Å². The molecule has 0 rings (SSSR count). The van der Waals surface area contributed by atoms with Gasteiger partial charge >= 0.3 is 39.5 Å². The number of rotatable bonds is 80. The Morgan fingerprint density at radius 3 is 0.696 bits per heavy atom. The number of carbonyl (C=O) groups excluding carboxylic acids is 4. The van der Waals surface area contributed by atoms with E-state index in [9.17, 15) is 43.2 Å². The van der Waals surface area contributed by atoms with Gasteiger partial charge < -0.3 is 33.8 Å². The van der Waals surface area contributed by atoms with E-state index < -0.39 is 97.5 Å². The van der Waals surface area contributed by atoms with Crippen LogP contribution in [0.3, 0.4) is 0 Å². The second-order valence-electron chi connectivity index (χ2n) is 31.3. The van der Waals surface area contributed by atoms with Crippen LogP contribution >= 0.6 is 15.6 Å². The van der Waals surface area contributed by atoms with Crippen LogP contribution in [-0.2, 0) is 65.4 Å². The molecule has 0 saturated carbocycles. The minimum Gasteiger partial charge on any atom is -0.462 e. The first kappa shape index (κ1) is 100. The van der Waals surface area contributed by atoms with Crippen molar-refractivity contribution in [1.82, 2.24) is 0 Å². The topological polar surface area (TPSA) is 237 Å². The molecule has 0 spiro atoms. The van der Waals surface area contributed by atoms with Gasteiger partial charge in [-0.25, -0.2) is 9.13 Å². The van der Waals surface area contributed by atoms with Crippen molar-refractivity contribution in [3.8, 4) is 0 Å². The maximum Gasteiger partial charge on any atom is 0.472 e. The van der Waals surface area contributed by atoms with Crippen LogP contribution in [0.5, 0.6) is 0 Å². The quantitative estimate of drug-likeness (QED) is 0.0222. The van der Waals surface area contributed by atoms with Crippen LogP contribution in [0.2, 0.25) is 0 Å². The molecule has 7 atom stereocenters. The molecule has 606 valence electrons. The summed E-state index contributed by atoms with van der Waals surface area (Å²) in [5, 5.41) is 10.7. The highest BCUT2D eigenvalue weighted by molar-refractivity contribution is 7.47. The lowest BCUT2D eigenvalue weighted by Gasteiger charge is -2.21. The third kappa shape index (κ3) is 73.6. The summed E-state index contributed by atoms with van der Waals surface area (Å²) in [5.41, 5.74) is 0. The summed E-state index contributed by atoms with van der Waals surface area (Å²) in [6, 6.07) is 0. The molecule has 0 heterocycles. The highest BCUT2D eigenvalue weighted by atomic mass is 31.2. The van der Waals surface area contributed by atoms with Crippen molar-refractivity contribution >= 4 is 39.5 Å². The van der Waals surface area contributed by atoms with E-state index in [4.69, 9.17) is 37.0 Å². The van der Waals surface area contributed by atoms with Gasteiger partial charge in [-0.3, -0.25) is 37.3 Å². The third-order valence-corrected chi connectivity index (χ3v) is 21.9. The molecule has 0 fully saturated rings. The van der Waals surface area contributed by atoms with E-state index in [1.807, 2.05) is 0 Å². The monoisotopic (exact) mass is 1490 g/mol. The van der Waals surface area contributed by atoms with Crippen LogP contribution in [-0.4, -0.2) is 96.7 Å². The van der Waals surface area contributed by atoms with Gasteiger partial charge in [-0.05, 0) is 49.4 Å². The van der Waals surface area contributed by atoms with E-state index >= 15 is 0 Å². The van der Waals surface area contributed by atoms with Crippen molar-refractivity contribution in [1.29, 1.82) is 0 Å². The Kier molecular flexibility index (Phi) is 70.6. The molecule has 102 heavy (non-hydrogen) atoms. The largest absolute Gasteiger partial charge is 0.472 e. The SMILES string of the molecule is CCC(C)CCCCCCCCCCCCCCCCCCCCC(=O)O[C@H](COC(=O)CCCCCCCCCCCCCC(C)C)COP(=O)(O)OC[C@@H](O)COP(=O)(O)OC[C@@H](COC(=O)CCCCCCCCCCC(C)CC)OC(=O)CCCCCCCCCCCCCC(C)C. The number of aliphatic hydroxyl groups excluding tert-OH is 1. The standard InChI is InChI=1S/C83H162O17P2/c1-9-75(7)61-53-45-37-29-23-17-15-13-11-12-14-16-18-24-31-41-49-57-65-82(87)99-78(69-93-80(85)63-55-47-39-30-25-19-21-27-35-43-51-59-73(3)4)71-97-101(89,90)95-67-77(84)68-96-102(91,92)98-72-79(70-94-81(86)64-56-48-40-34-33-38-46-54-62-76(8)10-2)100-83(88)66-58-50-42-32-26-20-22-28-36-44-52-60-74(5)6/h73-79,84H,9-72H2,1-8H3,(H,89,90)(H,91,92)/t75?,76?,77-,78-,79-/m1/s1. The molecule has 0 radical (unpaired) electrons. The molecule has 4 unspecified atom stereocenters. The average molecular weight is 1490 g/mol. The summed E-state index contributed by atoms with van der Waals surface area (Å²) in [7, 11) is -9.93. The fourth-order valence-electron chi connectivity index (χ4n) is 12.7. The summed E-state index contributed by atoms with van der Waals surface area (Å²) in [6.45, 7) is 14.3. The zero-order valence-electron chi connectivity index (χ0n) is 67.2. The summed E-state index contributed by atoms with van der Waals surface area (Å²) in [6.07, 6.45) is 59.6. The first-order valence-electron chi connectivity index (χ1n) is 42.8. The predicted octanol–water partition coefficient (Wildman–Crippen LogP) is 24.8. The van der Waals surface area contributed by atoms with Crippen molar-refractivity contribution in [2.75, 3.05) is 39.6 Å². The second kappa shape index (κ2) is 72.0. The molecule has 0 aliphatic carbocycles. The minimum absolute atomic E-state index is 0.106. The molecule has 0 amide bonds. The van der Waals surface area contributed by atoms with Crippen molar-refractivity contribution in [2.24, 2.45) is 23.7 Å². The Morgan fingerprint density at radius 1 is 0.275 bits per heavy atom. The molecular formula is C83H162O17P2. The van der Waals surface area contributed by atoms with E-state index in [-0.39, 0.29) is 25.7 Å². The number of ether oxygens (including phenoxy) is 4. The van der Waals surface area contributed by atoms with E-state index in [0.717, 1.165) is 114 Å². The number of phosphoric ester groups is 2. The van der Waals surface area contributed by atoms with Crippen molar-refractivity contribution in [3.63, 3.8) is 0 Å². The molecule has 0 aliphatic rings. The van der Waals surface area contributed by atoms with Crippen LogP contribution in [0.4, 0.5) is 0 Å². The lowest BCUT2D eigenvalue weighted by molar-refractivity contribution is -0.161. The third-order valence-electron chi connectivity index (χ3n) is 20.0. The number of unbranched alkanes of at least 4 members (excludes halogenated alkanes) is 44. The first-order chi connectivity index (χ1) is 49.2. The van der Waals surface area contributed by atoms with Crippen molar-refractivity contribution in [2.45, 2.75) is 446 Å². The number of hydrogen-bond acceptors (Lipinski definition) is 15. The van der Waals surface area contributed by atoms with Crippen LogP contribution in [0.15, 0.2) is 0 Å². The fraction of sp³-hybridized carbons (Fsp3) is 0.952. The van der Waals surface area contributed by atoms with E-state index in [0.29, 0.717) is 25.7 Å². The zero-order valence-corrected chi connectivity index (χ0v) is 69.0. The Hall–Kier alpha value is -1.94. The lowest BCUT2D eigenvalue weighted by Crippen LogP contribution is -2.30. The number of esters is 4. The normalized spacial score (nSPS) is 14.5. The van der Waals surface area contributed by atoms with Crippen LogP contribution < -0.4 is 0 Å². The zero-order chi connectivity index (χ0) is 75.3. The highest BCUT2D eigenvalue weighted by Gasteiger charge is 2.30. The molecule has 0 aromatic heterocycles. The number of phosphoric acid groups is 2. The summed E-state index contributed by atoms with van der Waals surface area (Å²) in [5.74, 6) is 1.07. The van der Waals surface area contributed by atoms with Gasteiger partial charge in [0.1, 0.15) is 19.3 Å². The molecule has 19 heteroatoms. The lowest BCUT2D eigenvalue weighted by atomic mass is 9.99. The Bertz CT molecular complexity index is 1990. The Labute approximate surface area is 626 Å². The van der Waals surface area contributed by atoms with E-state index in [2.05, 4.69) is 55.4 Å². The average Bonchev–Trinajstić information content (AvgIpc) is 0.911. The van der Waals surface area contributed by atoms with E-state index in [1.165, 1.54) is 231 Å². The van der Waals surface area contributed by atoms with Gasteiger partial charge in [0, 0.05) is 25.7 Å². The molecule has 0 saturated heterocycles. The Morgan fingerprint density at radius 2 is 0.471 bits per heavy atom. The number of carbonyl (C=O) groups is 4. The van der Waals surface area contributed by atoms with Gasteiger partial charge in [-0.1, -0.05) is 376 Å². The maximum absolute atomic E-state index is 13.1. The molecule has 0 bridgehead atoms. The van der Waals surface area contributed by atoms with E-state index in [1.54, 1.807) is 0 Å². The summed E-state index contributed by atoms with van der Waals surface area (Å²) < 4.78 is 68.8.